The molecular formula is C20H20BrN5O3. The molecule has 0 bridgehead atoms. The van der Waals surface area contributed by atoms with E-state index in [1.807, 2.05) is 38.1 Å². The fourth-order valence-electron chi connectivity index (χ4n) is 2.50. The van der Waals surface area contributed by atoms with E-state index in [1.165, 1.54) is 0 Å². The summed E-state index contributed by atoms with van der Waals surface area (Å²) in [5.41, 5.74) is 4.01. The monoisotopic (exact) mass is 457 g/mol. The van der Waals surface area contributed by atoms with Gasteiger partial charge in [0.2, 0.25) is 5.95 Å². The van der Waals surface area contributed by atoms with Crippen molar-refractivity contribution in [2.75, 3.05) is 12.5 Å². The lowest BCUT2D eigenvalue weighted by Crippen LogP contribution is -2.15. The van der Waals surface area contributed by atoms with Crippen LogP contribution in [0.25, 0.3) is 11.3 Å². The molecule has 0 atom stereocenters. The third-order valence-corrected chi connectivity index (χ3v) is 4.32. The summed E-state index contributed by atoms with van der Waals surface area (Å²) in [5, 5.41) is 12.0. The van der Waals surface area contributed by atoms with Crippen LogP contribution in [0.4, 0.5) is 5.95 Å². The smallest absolute Gasteiger partial charge is 0.279 e. The molecule has 3 rings (SSSR count). The number of nitrogens with zero attached hydrogens (tertiary/aromatic N) is 3. The largest absolute Gasteiger partial charge is 0.493 e. The number of aromatic amines is 1. The van der Waals surface area contributed by atoms with Crippen LogP contribution in [0, 0.1) is 0 Å². The van der Waals surface area contributed by atoms with E-state index in [-0.39, 0.29) is 23.3 Å². The predicted molar refractivity (Wildman–Crippen MR) is 116 cm³/mol. The normalized spacial score (nSPS) is 11.1. The van der Waals surface area contributed by atoms with Crippen molar-refractivity contribution in [3.05, 3.63) is 62.9 Å². The van der Waals surface area contributed by atoms with Crippen LogP contribution in [0.5, 0.6) is 11.5 Å². The Labute approximate surface area is 176 Å². The van der Waals surface area contributed by atoms with E-state index in [2.05, 4.69) is 41.6 Å². The second-order valence-electron chi connectivity index (χ2n) is 6.29. The first-order valence-corrected chi connectivity index (χ1v) is 9.63. The minimum absolute atomic E-state index is 0.00985. The number of hydrogen-bond acceptors (Lipinski definition) is 7. The van der Waals surface area contributed by atoms with E-state index < -0.39 is 0 Å². The molecule has 8 nitrogen and oxygen atoms in total. The number of H-pyrrole nitrogens is 1. The van der Waals surface area contributed by atoms with E-state index in [0.717, 1.165) is 10.0 Å². The third-order valence-electron chi connectivity index (χ3n) is 3.73. The summed E-state index contributed by atoms with van der Waals surface area (Å²) < 4.78 is 11.9. The highest BCUT2D eigenvalue weighted by atomic mass is 79.9. The minimum atomic E-state index is -0.358. The number of rotatable bonds is 7. The van der Waals surface area contributed by atoms with Gasteiger partial charge in [0.25, 0.3) is 5.56 Å². The standard InChI is InChI=1S/C20H20BrN5O3/c1-12(2)29-18-15(21)9-13(10-16(18)28-3)11-22-25-20-23-19(27)17(24-26-20)14-7-5-4-6-8-14/h4-12H,1-3H3,(H2,23,25,26,27)/b22-11+. The van der Waals surface area contributed by atoms with Gasteiger partial charge in [0.05, 0.1) is 23.9 Å². The van der Waals surface area contributed by atoms with Crippen LogP contribution in [0.1, 0.15) is 19.4 Å². The highest BCUT2D eigenvalue weighted by Gasteiger charge is 2.12. The molecule has 0 aliphatic carbocycles. The lowest BCUT2D eigenvalue weighted by atomic mass is 10.2. The van der Waals surface area contributed by atoms with Crippen LogP contribution in [-0.2, 0) is 0 Å². The van der Waals surface area contributed by atoms with Crippen molar-refractivity contribution >= 4 is 28.1 Å². The molecule has 3 aromatic rings. The number of hydrogen-bond donors (Lipinski definition) is 2. The van der Waals surface area contributed by atoms with Gasteiger partial charge in [-0.25, -0.2) is 5.43 Å². The minimum Gasteiger partial charge on any atom is -0.493 e. The maximum atomic E-state index is 12.2. The van der Waals surface area contributed by atoms with Gasteiger partial charge >= 0.3 is 0 Å². The Morgan fingerprint density at radius 2 is 1.97 bits per heavy atom. The summed E-state index contributed by atoms with van der Waals surface area (Å²) >= 11 is 3.49. The molecule has 29 heavy (non-hydrogen) atoms. The third kappa shape index (κ3) is 5.20. The molecule has 0 amide bonds. The Hall–Kier alpha value is -3.20. The second kappa shape index (κ2) is 9.33. The number of halogens is 1. The summed E-state index contributed by atoms with van der Waals surface area (Å²) in [6.07, 6.45) is 1.58. The van der Waals surface area contributed by atoms with E-state index in [1.54, 1.807) is 31.5 Å². The van der Waals surface area contributed by atoms with Gasteiger partial charge in [-0.1, -0.05) is 30.3 Å². The summed E-state index contributed by atoms with van der Waals surface area (Å²) in [7, 11) is 1.57. The first kappa shape index (κ1) is 20.5. The Morgan fingerprint density at radius 3 is 2.62 bits per heavy atom. The molecule has 0 spiro atoms. The molecule has 9 heteroatoms. The maximum Gasteiger partial charge on any atom is 0.279 e. The molecular weight excluding hydrogens is 438 g/mol. The highest BCUT2D eigenvalue weighted by Crippen LogP contribution is 2.36. The summed E-state index contributed by atoms with van der Waals surface area (Å²) in [4.78, 5) is 14.9. The number of aromatic nitrogens is 3. The van der Waals surface area contributed by atoms with Crippen LogP contribution in [0.2, 0.25) is 0 Å². The molecule has 2 aromatic carbocycles. The molecule has 0 aliphatic rings. The maximum absolute atomic E-state index is 12.2. The molecule has 0 saturated heterocycles. The van der Waals surface area contributed by atoms with E-state index in [4.69, 9.17) is 9.47 Å². The lowest BCUT2D eigenvalue weighted by Gasteiger charge is -2.15. The molecule has 1 heterocycles. The van der Waals surface area contributed by atoms with Crippen molar-refractivity contribution in [1.29, 1.82) is 0 Å². The van der Waals surface area contributed by atoms with Gasteiger partial charge in [-0.2, -0.15) is 5.10 Å². The van der Waals surface area contributed by atoms with Crippen molar-refractivity contribution in [2.45, 2.75) is 20.0 Å². The predicted octanol–water partition coefficient (Wildman–Crippen LogP) is 3.84. The number of ether oxygens (including phenoxy) is 2. The van der Waals surface area contributed by atoms with Crippen molar-refractivity contribution < 1.29 is 9.47 Å². The first-order chi connectivity index (χ1) is 14.0. The molecule has 0 unspecified atom stereocenters. The number of benzene rings is 2. The van der Waals surface area contributed by atoms with E-state index >= 15 is 0 Å². The molecule has 0 radical (unpaired) electrons. The van der Waals surface area contributed by atoms with Gasteiger partial charge in [0.1, 0.15) is 0 Å². The summed E-state index contributed by atoms with van der Waals surface area (Å²) in [6.45, 7) is 3.88. The molecule has 0 fully saturated rings. The number of methoxy groups -OCH3 is 1. The zero-order valence-electron chi connectivity index (χ0n) is 16.1. The first-order valence-electron chi connectivity index (χ1n) is 8.83. The van der Waals surface area contributed by atoms with Crippen LogP contribution < -0.4 is 20.5 Å². The quantitative estimate of drug-likeness (QED) is 0.412. The van der Waals surface area contributed by atoms with Crippen molar-refractivity contribution in [2.24, 2.45) is 5.10 Å². The van der Waals surface area contributed by atoms with Gasteiger partial charge < -0.3 is 9.47 Å². The zero-order chi connectivity index (χ0) is 20.8. The van der Waals surface area contributed by atoms with Gasteiger partial charge in [-0.05, 0) is 47.5 Å². The highest BCUT2D eigenvalue weighted by molar-refractivity contribution is 9.10. The Morgan fingerprint density at radius 1 is 1.21 bits per heavy atom. The van der Waals surface area contributed by atoms with Crippen molar-refractivity contribution in [3.8, 4) is 22.8 Å². The summed E-state index contributed by atoms with van der Waals surface area (Å²) in [6, 6.07) is 12.8. The van der Waals surface area contributed by atoms with Crippen molar-refractivity contribution in [3.63, 3.8) is 0 Å². The molecule has 1 aromatic heterocycles. The van der Waals surface area contributed by atoms with Crippen LogP contribution in [0.3, 0.4) is 0 Å². The zero-order valence-corrected chi connectivity index (χ0v) is 17.7. The fourth-order valence-corrected chi connectivity index (χ4v) is 3.06. The Bertz CT molecular complexity index is 1070. The van der Waals surface area contributed by atoms with Crippen molar-refractivity contribution in [1.82, 2.24) is 15.2 Å². The van der Waals surface area contributed by atoms with Gasteiger partial charge in [-0.15, -0.1) is 10.2 Å². The lowest BCUT2D eigenvalue weighted by molar-refractivity contribution is 0.228. The average Bonchev–Trinajstić information content (AvgIpc) is 2.70. The van der Waals surface area contributed by atoms with Crippen LogP contribution in [-0.4, -0.2) is 34.6 Å². The fraction of sp³-hybridized carbons (Fsp3) is 0.200. The van der Waals surface area contributed by atoms with Gasteiger partial charge in [-0.3, -0.25) is 9.78 Å². The molecule has 0 aliphatic heterocycles. The second-order valence-corrected chi connectivity index (χ2v) is 7.14. The SMILES string of the molecule is COc1cc(/C=N/Nc2nnc(-c3ccccc3)c(=O)[nH]2)cc(Br)c1OC(C)C. The van der Waals surface area contributed by atoms with Gasteiger partial charge in [0.15, 0.2) is 17.2 Å². The number of nitrogens with one attached hydrogen (secondary N) is 2. The number of anilines is 1. The van der Waals surface area contributed by atoms with Gasteiger partial charge in [0, 0.05) is 5.56 Å². The average molecular weight is 458 g/mol. The van der Waals surface area contributed by atoms with Crippen LogP contribution in [0.15, 0.2) is 56.8 Å². The Balaban J connectivity index is 1.75. The summed E-state index contributed by atoms with van der Waals surface area (Å²) in [5.74, 6) is 1.34. The topological polar surface area (TPSA) is 101 Å². The van der Waals surface area contributed by atoms with E-state index in [0.29, 0.717) is 17.1 Å². The van der Waals surface area contributed by atoms with Crippen LogP contribution >= 0.6 is 15.9 Å². The molecule has 150 valence electrons. The van der Waals surface area contributed by atoms with E-state index in [9.17, 15) is 4.79 Å². The molecule has 0 saturated carbocycles. The molecule has 2 N–H and O–H groups in total. The Kier molecular flexibility index (Phi) is 6.61. The number of hydrazone groups is 1.